The van der Waals surface area contributed by atoms with Crippen molar-refractivity contribution in [2.45, 2.75) is 63.2 Å². The number of nitrogens with one attached hydrogen (secondary N) is 1. The molecule has 2 atom stereocenters. The van der Waals surface area contributed by atoms with E-state index >= 15 is 0 Å². The molecule has 9 nitrogen and oxygen atoms in total. The highest BCUT2D eigenvalue weighted by Crippen LogP contribution is 2.37. The van der Waals surface area contributed by atoms with E-state index < -0.39 is 0 Å². The Balaban J connectivity index is 1.20. The SMILES string of the molecule is N#CCC1CN(c2nc(OCC3CCCN3C3CC3)nc3c2CCN(c2cc(O)cc4ccccc24)C3)CCN1. The predicted octanol–water partition coefficient (Wildman–Crippen LogP) is 3.60. The first-order valence-electron chi connectivity index (χ1n) is 14.8. The largest absolute Gasteiger partial charge is 0.508 e. The van der Waals surface area contributed by atoms with Crippen molar-refractivity contribution in [3.63, 3.8) is 0 Å². The van der Waals surface area contributed by atoms with Crippen molar-refractivity contribution in [1.82, 2.24) is 20.2 Å². The van der Waals surface area contributed by atoms with Crippen LogP contribution in [0.3, 0.4) is 0 Å². The molecule has 0 amide bonds. The Labute approximate surface area is 235 Å². The van der Waals surface area contributed by atoms with Crippen molar-refractivity contribution in [2.75, 3.05) is 49.1 Å². The number of anilines is 2. The molecule has 1 aromatic heterocycles. The second-order valence-corrected chi connectivity index (χ2v) is 11.6. The van der Waals surface area contributed by atoms with Crippen LogP contribution in [0, 0.1) is 11.3 Å². The molecule has 0 spiro atoms. The summed E-state index contributed by atoms with van der Waals surface area (Å²) in [5, 5.41) is 25.4. The molecule has 0 bridgehead atoms. The molecule has 0 radical (unpaired) electrons. The van der Waals surface area contributed by atoms with Crippen LogP contribution in [-0.2, 0) is 13.0 Å². The molecule has 2 N–H and O–H groups in total. The zero-order valence-corrected chi connectivity index (χ0v) is 22.9. The number of phenols is 1. The fourth-order valence-electron chi connectivity index (χ4n) is 6.82. The van der Waals surface area contributed by atoms with E-state index in [-0.39, 0.29) is 11.8 Å². The van der Waals surface area contributed by atoms with E-state index in [4.69, 9.17) is 14.7 Å². The Morgan fingerprint density at radius 3 is 2.85 bits per heavy atom. The second kappa shape index (κ2) is 10.8. The van der Waals surface area contributed by atoms with Crippen molar-refractivity contribution in [1.29, 1.82) is 5.26 Å². The standard InChI is InChI=1S/C31H37N7O2/c32-11-9-22-18-37(15-12-33-22)30-27-10-14-36(29-17-25(39)16-21-4-1-2-6-26(21)29)19-28(27)34-31(35-30)40-20-24-5-3-13-38(24)23-7-8-23/h1-2,4,6,16-17,22-24,33,39H,3,5,7-10,12-15,18-20H2. The summed E-state index contributed by atoms with van der Waals surface area (Å²) in [7, 11) is 0. The molecule has 2 saturated heterocycles. The van der Waals surface area contributed by atoms with E-state index in [1.165, 1.54) is 37.8 Å². The van der Waals surface area contributed by atoms with Gasteiger partial charge < -0.3 is 25.0 Å². The lowest BCUT2D eigenvalue weighted by Gasteiger charge is -2.37. The van der Waals surface area contributed by atoms with Crippen LogP contribution in [0.4, 0.5) is 11.5 Å². The monoisotopic (exact) mass is 539 g/mol. The van der Waals surface area contributed by atoms with Crippen molar-refractivity contribution in [3.8, 4) is 17.8 Å². The van der Waals surface area contributed by atoms with E-state index in [1.807, 2.05) is 30.3 Å². The van der Waals surface area contributed by atoms with Gasteiger partial charge in [-0.15, -0.1) is 0 Å². The number of aromatic hydroxyl groups is 1. The number of fused-ring (bicyclic) bond motifs is 2. The normalized spacial score (nSPS) is 23.3. The molecule has 1 saturated carbocycles. The van der Waals surface area contributed by atoms with Gasteiger partial charge in [-0.25, -0.2) is 0 Å². The number of hydrogen-bond acceptors (Lipinski definition) is 9. The molecule has 3 aliphatic heterocycles. The molecular weight excluding hydrogens is 502 g/mol. The molecular formula is C31H37N7O2. The third kappa shape index (κ3) is 5.02. The Kier molecular flexibility index (Phi) is 6.82. The number of hydrogen-bond donors (Lipinski definition) is 2. The fourth-order valence-corrected chi connectivity index (χ4v) is 6.82. The lowest BCUT2D eigenvalue weighted by molar-refractivity contribution is 0.158. The van der Waals surface area contributed by atoms with Crippen LogP contribution >= 0.6 is 0 Å². The summed E-state index contributed by atoms with van der Waals surface area (Å²) in [6.45, 7) is 5.63. The number of piperazine rings is 1. The van der Waals surface area contributed by atoms with Gasteiger partial charge in [-0.2, -0.15) is 15.2 Å². The molecule has 3 aromatic rings. The maximum absolute atomic E-state index is 10.5. The van der Waals surface area contributed by atoms with Crippen molar-refractivity contribution < 1.29 is 9.84 Å². The average Bonchev–Trinajstić information content (AvgIpc) is 3.72. The first-order chi connectivity index (χ1) is 19.7. The zero-order valence-electron chi connectivity index (χ0n) is 22.9. The van der Waals surface area contributed by atoms with Gasteiger partial charge in [-0.05, 0) is 50.1 Å². The molecule has 208 valence electrons. The minimum Gasteiger partial charge on any atom is -0.508 e. The maximum Gasteiger partial charge on any atom is 0.318 e. The number of aromatic nitrogens is 2. The van der Waals surface area contributed by atoms with Crippen LogP contribution in [0.25, 0.3) is 10.8 Å². The zero-order chi connectivity index (χ0) is 27.1. The highest BCUT2D eigenvalue weighted by Gasteiger charge is 2.37. The number of rotatable bonds is 7. The number of nitriles is 1. The highest BCUT2D eigenvalue weighted by molar-refractivity contribution is 5.95. The van der Waals surface area contributed by atoms with Gasteiger partial charge in [-0.1, -0.05) is 24.3 Å². The smallest absolute Gasteiger partial charge is 0.318 e. The van der Waals surface area contributed by atoms with Crippen LogP contribution in [0.15, 0.2) is 36.4 Å². The number of nitrogens with zero attached hydrogens (tertiary/aromatic N) is 6. The molecule has 2 aromatic carbocycles. The summed E-state index contributed by atoms with van der Waals surface area (Å²) < 4.78 is 6.38. The molecule has 4 aliphatic rings. The van der Waals surface area contributed by atoms with E-state index in [0.717, 1.165) is 66.6 Å². The van der Waals surface area contributed by atoms with Gasteiger partial charge in [0, 0.05) is 67.0 Å². The lowest BCUT2D eigenvalue weighted by Crippen LogP contribution is -2.51. The summed E-state index contributed by atoms with van der Waals surface area (Å²) >= 11 is 0. The summed E-state index contributed by atoms with van der Waals surface area (Å²) in [5.41, 5.74) is 3.18. The van der Waals surface area contributed by atoms with Gasteiger partial charge in [0.05, 0.1) is 24.7 Å². The third-order valence-corrected chi connectivity index (χ3v) is 8.92. The molecule has 2 unspecified atom stereocenters. The topological polar surface area (TPSA) is 101 Å². The summed E-state index contributed by atoms with van der Waals surface area (Å²) in [4.78, 5) is 17.3. The minimum absolute atomic E-state index is 0.123. The Morgan fingerprint density at radius 1 is 1.07 bits per heavy atom. The number of ether oxygens (including phenoxy) is 1. The molecule has 3 fully saturated rings. The van der Waals surface area contributed by atoms with E-state index in [0.29, 0.717) is 31.6 Å². The van der Waals surface area contributed by atoms with Crippen molar-refractivity contribution in [3.05, 3.63) is 47.7 Å². The van der Waals surface area contributed by atoms with Crippen molar-refractivity contribution >= 4 is 22.3 Å². The second-order valence-electron chi connectivity index (χ2n) is 11.6. The van der Waals surface area contributed by atoms with Crippen LogP contribution in [0.2, 0.25) is 0 Å². The van der Waals surface area contributed by atoms with Crippen LogP contribution < -0.4 is 19.9 Å². The highest BCUT2D eigenvalue weighted by atomic mass is 16.5. The fraction of sp³-hybridized carbons (Fsp3) is 0.516. The molecule has 9 heteroatoms. The third-order valence-electron chi connectivity index (χ3n) is 8.92. The Hall–Kier alpha value is -3.61. The number of phenolic OH excluding ortho intramolecular Hbond substituents is 1. The van der Waals surface area contributed by atoms with Gasteiger partial charge >= 0.3 is 6.01 Å². The maximum atomic E-state index is 10.5. The van der Waals surface area contributed by atoms with Crippen LogP contribution in [0.5, 0.6) is 11.8 Å². The van der Waals surface area contributed by atoms with Crippen molar-refractivity contribution in [2.24, 2.45) is 0 Å². The molecule has 4 heterocycles. The van der Waals surface area contributed by atoms with Gasteiger partial charge in [0.1, 0.15) is 18.2 Å². The first-order valence-corrected chi connectivity index (χ1v) is 14.8. The van der Waals surface area contributed by atoms with Gasteiger partial charge in [0.15, 0.2) is 0 Å². The first kappa shape index (κ1) is 25.4. The minimum atomic E-state index is 0.123. The van der Waals surface area contributed by atoms with E-state index in [1.54, 1.807) is 0 Å². The molecule has 40 heavy (non-hydrogen) atoms. The summed E-state index contributed by atoms with van der Waals surface area (Å²) in [6, 6.07) is 15.9. The number of benzene rings is 2. The Morgan fingerprint density at radius 2 is 1.98 bits per heavy atom. The Bertz CT molecular complexity index is 1440. The van der Waals surface area contributed by atoms with Gasteiger partial charge in [0.2, 0.25) is 0 Å². The summed E-state index contributed by atoms with van der Waals surface area (Å²) in [6.07, 6.45) is 6.30. The van der Waals surface area contributed by atoms with E-state index in [2.05, 4.69) is 32.2 Å². The lowest BCUT2D eigenvalue weighted by atomic mass is 10.0. The predicted molar refractivity (Wildman–Crippen MR) is 155 cm³/mol. The summed E-state index contributed by atoms with van der Waals surface area (Å²) in [5.74, 6) is 1.23. The quantitative estimate of drug-likeness (QED) is 0.466. The van der Waals surface area contributed by atoms with Crippen LogP contribution in [-0.4, -0.2) is 77.4 Å². The van der Waals surface area contributed by atoms with Crippen LogP contribution in [0.1, 0.15) is 43.4 Å². The molecule has 7 rings (SSSR count). The van der Waals surface area contributed by atoms with Gasteiger partial charge in [0.25, 0.3) is 0 Å². The average molecular weight is 540 g/mol. The van der Waals surface area contributed by atoms with Gasteiger partial charge in [-0.3, -0.25) is 4.90 Å². The van der Waals surface area contributed by atoms with E-state index in [9.17, 15) is 10.4 Å². The molecule has 1 aliphatic carbocycles. The number of likely N-dealkylation sites (tertiary alicyclic amines) is 1.